The van der Waals surface area contributed by atoms with Crippen molar-refractivity contribution in [2.75, 3.05) is 0 Å². The molecule has 1 nitrogen and oxygen atoms in total. The smallest absolute Gasteiger partial charge is 0.166 e. The molecule has 0 radical (unpaired) electrons. The lowest BCUT2D eigenvalue weighted by Gasteiger charge is -2.01. The van der Waals surface area contributed by atoms with Crippen molar-refractivity contribution in [3.05, 3.63) is 70.5 Å². The van der Waals surface area contributed by atoms with Crippen molar-refractivity contribution in [2.24, 2.45) is 5.92 Å². The molecule has 0 spiro atoms. The van der Waals surface area contributed by atoms with Gasteiger partial charge in [0.05, 0.1) is 0 Å². The largest absolute Gasteiger partial charge is 0.294 e. The van der Waals surface area contributed by atoms with Gasteiger partial charge in [-0.25, -0.2) is 4.39 Å². The van der Waals surface area contributed by atoms with Crippen molar-refractivity contribution in [2.45, 2.75) is 12.3 Å². The van der Waals surface area contributed by atoms with E-state index in [-0.39, 0.29) is 23.4 Å². The van der Waals surface area contributed by atoms with E-state index in [1.54, 1.807) is 12.1 Å². The van der Waals surface area contributed by atoms with Crippen molar-refractivity contribution in [3.63, 3.8) is 0 Å². The van der Waals surface area contributed by atoms with Gasteiger partial charge >= 0.3 is 0 Å². The van der Waals surface area contributed by atoms with Crippen molar-refractivity contribution in [1.29, 1.82) is 0 Å². The molecule has 0 amide bonds. The van der Waals surface area contributed by atoms with Crippen LogP contribution in [0.25, 0.3) is 0 Å². The quantitative estimate of drug-likeness (QED) is 0.755. The van der Waals surface area contributed by atoms with E-state index in [4.69, 9.17) is 11.6 Å². The second kappa shape index (κ2) is 4.78. The third-order valence-corrected chi connectivity index (χ3v) is 3.81. The molecule has 0 saturated heterocycles. The van der Waals surface area contributed by atoms with Gasteiger partial charge in [0.1, 0.15) is 5.82 Å². The van der Waals surface area contributed by atoms with E-state index in [9.17, 15) is 9.18 Å². The average molecular weight is 275 g/mol. The normalized spacial score (nSPS) is 21.2. The Morgan fingerprint density at radius 1 is 1.05 bits per heavy atom. The molecule has 2 unspecified atom stereocenters. The fourth-order valence-corrected chi connectivity index (χ4v) is 2.52. The van der Waals surface area contributed by atoms with Crippen LogP contribution in [0.15, 0.2) is 48.5 Å². The van der Waals surface area contributed by atoms with Gasteiger partial charge in [-0.1, -0.05) is 23.7 Å². The minimum absolute atomic E-state index is 0.0200. The molecule has 1 aliphatic carbocycles. The van der Waals surface area contributed by atoms with Gasteiger partial charge in [-0.05, 0) is 54.3 Å². The second-order valence-electron chi connectivity index (χ2n) is 4.87. The van der Waals surface area contributed by atoms with Gasteiger partial charge in [0.25, 0.3) is 0 Å². The summed E-state index contributed by atoms with van der Waals surface area (Å²) in [4.78, 5) is 12.2. The molecular formula is C16H12ClFO. The summed E-state index contributed by atoms with van der Waals surface area (Å²) in [6, 6.07) is 13.4. The number of Topliss-reactive ketones (excluding diaryl/α,β-unsaturated/α-hetero) is 1. The van der Waals surface area contributed by atoms with Crippen LogP contribution in [-0.4, -0.2) is 5.78 Å². The summed E-state index contributed by atoms with van der Waals surface area (Å²) in [6.45, 7) is 0. The van der Waals surface area contributed by atoms with Crippen LogP contribution in [0.4, 0.5) is 4.39 Å². The van der Waals surface area contributed by atoms with Crippen LogP contribution in [0.3, 0.4) is 0 Å². The SMILES string of the molecule is O=C(c1ccc(F)cc1)C1CC1c1ccc(Cl)cc1. The molecule has 3 rings (SSSR count). The highest BCUT2D eigenvalue weighted by Gasteiger charge is 2.43. The number of hydrogen-bond acceptors (Lipinski definition) is 1. The van der Waals surface area contributed by atoms with Crippen LogP contribution in [0.1, 0.15) is 28.3 Å². The lowest BCUT2D eigenvalue weighted by molar-refractivity contribution is 0.0965. The lowest BCUT2D eigenvalue weighted by Crippen LogP contribution is -2.03. The summed E-state index contributed by atoms with van der Waals surface area (Å²) < 4.78 is 12.8. The Bertz CT molecular complexity index is 604. The zero-order valence-electron chi connectivity index (χ0n) is 10.1. The predicted octanol–water partition coefficient (Wildman–Crippen LogP) is 4.47. The van der Waals surface area contributed by atoms with Gasteiger partial charge in [-0.15, -0.1) is 0 Å². The van der Waals surface area contributed by atoms with Crippen molar-refractivity contribution in [3.8, 4) is 0 Å². The van der Waals surface area contributed by atoms with Gasteiger partial charge in [0.2, 0.25) is 0 Å². The van der Waals surface area contributed by atoms with E-state index in [0.29, 0.717) is 10.6 Å². The highest BCUT2D eigenvalue weighted by molar-refractivity contribution is 6.30. The zero-order valence-corrected chi connectivity index (χ0v) is 10.9. The molecular weight excluding hydrogens is 263 g/mol. The Balaban J connectivity index is 1.74. The zero-order chi connectivity index (χ0) is 13.4. The minimum atomic E-state index is -0.318. The molecule has 2 aromatic carbocycles. The van der Waals surface area contributed by atoms with Crippen LogP contribution < -0.4 is 0 Å². The first-order valence-corrected chi connectivity index (χ1v) is 6.58. The van der Waals surface area contributed by atoms with Crippen LogP contribution in [-0.2, 0) is 0 Å². The van der Waals surface area contributed by atoms with E-state index in [2.05, 4.69) is 0 Å². The Kier molecular flexibility index (Phi) is 3.11. The molecule has 0 heterocycles. The Morgan fingerprint density at radius 3 is 2.32 bits per heavy atom. The first kappa shape index (κ1) is 12.4. The summed E-state index contributed by atoms with van der Waals surface area (Å²) in [5.41, 5.74) is 1.73. The van der Waals surface area contributed by atoms with Crippen LogP contribution in [0.5, 0.6) is 0 Å². The fourth-order valence-electron chi connectivity index (χ4n) is 2.39. The molecule has 19 heavy (non-hydrogen) atoms. The summed E-state index contributed by atoms with van der Waals surface area (Å²) in [5.74, 6) is 0.0722. The fraction of sp³-hybridized carbons (Fsp3) is 0.188. The monoisotopic (exact) mass is 274 g/mol. The molecule has 0 N–H and O–H groups in total. The summed E-state index contributed by atoms with van der Waals surface area (Å²) in [6.07, 6.45) is 0.859. The lowest BCUT2D eigenvalue weighted by atomic mass is 10.0. The number of ketones is 1. The topological polar surface area (TPSA) is 17.1 Å². The first-order chi connectivity index (χ1) is 9.15. The summed E-state index contributed by atoms with van der Waals surface area (Å²) >= 11 is 5.84. The molecule has 1 aliphatic rings. The number of hydrogen-bond donors (Lipinski definition) is 0. The minimum Gasteiger partial charge on any atom is -0.294 e. The summed E-state index contributed by atoms with van der Waals surface area (Å²) in [7, 11) is 0. The Morgan fingerprint density at radius 2 is 1.68 bits per heavy atom. The first-order valence-electron chi connectivity index (χ1n) is 6.20. The number of halogens is 2. The number of carbonyl (C=O) groups is 1. The van der Waals surface area contributed by atoms with Gasteiger partial charge < -0.3 is 0 Å². The molecule has 2 atom stereocenters. The maximum atomic E-state index is 12.8. The van der Waals surface area contributed by atoms with Crippen molar-refractivity contribution in [1.82, 2.24) is 0 Å². The molecule has 96 valence electrons. The molecule has 2 aromatic rings. The van der Waals surface area contributed by atoms with E-state index >= 15 is 0 Å². The molecule has 1 fully saturated rings. The molecule has 0 aromatic heterocycles. The Labute approximate surface area is 116 Å². The third kappa shape index (κ3) is 2.54. The van der Waals surface area contributed by atoms with Gasteiger partial charge in [0.15, 0.2) is 5.78 Å². The predicted molar refractivity (Wildman–Crippen MR) is 73.0 cm³/mol. The van der Waals surface area contributed by atoms with Gasteiger partial charge in [0, 0.05) is 16.5 Å². The second-order valence-corrected chi connectivity index (χ2v) is 5.31. The summed E-state index contributed by atoms with van der Waals surface area (Å²) in [5, 5.41) is 0.700. The van der Waals surface area contributed by atoms with E-state index < -0.39 is 0 Å². The van der Waals surface area contributed by atoms with Crippen LogP contribution in [0, 0.1) is 11.7 Å². The standard InChI is InChI=1S/C16H12ClFO/c17-12-5-1-10(2-6-12)14-9-15(14)16(19)11-3-7-13(18)8-4-11/h1-8,14-15H,9H2. The molecule has 1 saturated carbocycles. The highest BCUT2D eigenvalue weighted by atomic mass is 35.5. The van der Waals surface area contributed by atoms with Gasteiger partial charge in [-0.2, -0.15) is 0 Å². The maximum Gasteiger partial charge on any atom is 0.166 e. The third-order valence-electron chi connectivity index (χ3n) is 3.55. The van der Waals surface area contributed by atoms with Crippen molar-refractivity contribution >= 4 is 17.4 Å². The Hall–Kier alpha value is -1.67. The number of rotatable bonds is 3. The van der Waals surface area contributed by atoms with Crippen LogP contribution >= 0.6 is 11.6 Å². The highest BCUT2D eigenvalue weighted by Crippen LogP contribution is 2.49. The average Bonchev–Trinajstić information content (AvgIpc) is 3.20. The van der Waals surface area contributed by atoms with Crippen LogP contribution in [0.2, 0.25) is 5.02 Å². The maximum absolute atomic E-state index is 12.8. The van der Waals surface area contributed by atoms with E-state index in [0.717, 1.165) is 12.0 Å². The number of benzene rings is 2. The van der Waals surface area contributed by atoms with Crippen molar-refractivity contribution < 1.29 is 9.18 Å². The molecule has 3 heteroatoms. The van der Waals surface area contributed by atoms with E-state index in [1.807, 2.05) is 24.3 Å². The molecule has 0 bridgehead atoms. The molecule has 0 aliphatic heterocycles. The van der Waals surface area contributed by atoms with Gasteiger partial charge in [-0.3, -0.25) is 4.79 Å². The van der Waals surface area contributed by atoms with E-state index in [1.165, 1.54) is 12.1 Å². The number of carbonyl (C=O) groups excluding carboxylic acids is 1.